The van der Waals surface area contributed by atoms with Crippen molar-refractivity contribution in [2.75, 3.05) is 25.7 Å². The van der Waals surface area contributed by atoms with Crippen LogP contribution in [-0.2, 0) is 36.5 Å². The highest BCUT2D eigenvalue weighted by Gasteiger charge is 2.34. The first kappa shape index (κ1) is 37.2. The molecule has 2 amide bonds. The monoisotopic (exact) mass is 687 g/mol. The first-order valence-corrected chi connectivity index (χ1v) is 16.8. The molecule has 1 aliphatic heterocycles. The SMILES string of the molecule is COC(=O)[C@@H](C)C[C@H](Cc1ncc(C(F)(F)F)cn1)NC(=O)c1csc([C@@H](CC(C(C)C)N(C)C(=O)CC2CSC2)OC(C)=O)n1. The lowest BCUT2D eigenvalue weighted by atomic mass is 9.95. The number of methoxy groups -OCH3 is 1. The number of hydrogen-bond donors (Lipinski definition) is 1. The van der Waals surface area contributed by atoms with Gasteiger partial charge in [0.1, 0.15) is 16.5 Å². The minimum absolute atomic E-state index is 0.0223. The van der Waals surface area contributed by atoms with Crippen LogP contribution < -0.4 is 5.32 Å². The number of thiazole rings is 1. The lowest BCUT2D eigenvalue weighted by Gasteiger charge is -2.35. The van der Waals surface area contributed by atoms with Crippen LogP contribution in [0.2, 0.25) is 0 Å². The third kappa shape index (κ3) is 10.6. The standard InChI is InChI=1S/C30H40F3N5O6S2/c1-16(2)23(38(5)26(40)8-19-13-45-14-19)10-24(44-18(4)39)28-37-22(15-46-28)27(41)36-21(7-17(3)29(42)43-6)9-25-34-11-20(12-35-25)30(31,32)33/h11-12,15-17,19,21,23-24H,7-10,13-14H2,1-6H3,(H,36,41)/t17-,21+,23?,24+/m0/s1. The Morgan fingerprint density at radius 3 is 2.28 bits per heavy atom. The highest BCUT2D eigenvalue weighted by atomic mass is 32.2. The van der Waals surface area contributed by atoms with Crippen LogP contribution >= 0.6 is 23.1 Å². The molecule has 1 N–H and O–H groups in total. The van der Waals surface area contributed by atoms with E-state index < -0.39 is 47.6 Å². The van der Waals surface area contributed by atoms with Gasteiger partial charge in [0, 0.05) is 63.1 Å². The normalized spacial score (nSPS) is 16.1. The number of nitrogens with one attached hydrogen (secondary N) is 1. The summed E-state index contributed by atoms with van der Waals surface area (Å²) in [6.07, 6.45) is -3.34. The van der Waals surface area contributed by atoms with Gasteiger partial charge in [-0.3, -0.25) is 19.2 Å². The molecule has 1 unspecified atom stereocenters. The summed E-state index contributed by atoms with van der Waals surface area (Å²) in [6.45, 7) is 6.84. The molecule has 0 aliphatic carbocycles. The molecule has 4 atom stereocenters. The number of nitrogens with zero attached hydrogens (tertiary/aromatic N) is 4. The third-order valence-corrected chi connectivity index (χ3v) is 10.0. The van der Waals surface area contributed by atoms with E-state index in [1.165, 1.54) is 19.4 Å². The van der Waals surface area contributed by atoms with Gasteiger partial charge in [0.05, 0.1) is 18.6 Å². The molecule has 0 bridgehead atoms. The van der Waals surface area contributed by atoms with Crippen LogP contribution in [0.15, 0.2) is 17.8 Å². The molecule has 1 aliphatic rings. The number of aromatic nitrogens is 3. The van der Waals surface area contributed by atoms with Gasteiger partial charge in [0.15, 0.2) is 6.10 Å². The topological polar surface area (TPSA) is 141 Å². The molecule has 11 nitrogen and oxygen atoms in total. The van der Waals surface area contributed by atoms with Gasteiger partial charge in [-0.2, -0.15) is 24.9 Å². The maximum absolute atomic E-state index is 13.3. The van der Waals surface area contributed by atoms with Crippen molar-refractivity contribution in [3.63, 3.8) is 0 Å². The largest absolute Gasteiger partial charge is 0.469 e. The average Bonchev–Trinajstić information content (AvgIpc) is 3.46. The number of halogens is 3. The van der Waals surface area contributed by atoms with Gasteiger partial charge in [0.2, 0.25) is 5.91 Å². The van der Waals surface area contributed by atoms with Crippen LogP contribution in [0, 0.1) is 17.8 Å². The Kier molecular flexibility index (Phi) is 13.4. The Morgan fingerprint density at radius 1 is 1.11 bits per heavy atom. The quantitative estimate of drug-likeness (QED) is 0.262. The molecule has 0 aromatic carbocycles. The van der Waals surface area contributed by atoms with Crippen LogP contribution in [0.5, 0.6) is 0 Å². The summed E-state index contributed by atoms with van der Waals surface area (Å²) in [6, 6.07) is -1.02. The average molecular weight is 688 g/mol. The fraction of sp³-hybridized carbons (Fsp3) is 0.633. The second-order valence-corrected chi connectivity index (χ2v) is 13.7. The molecular formula is C30H40F3N5O6S2. The Morgan fingerprint density at radius 2 is 1.76 bits per heavy atom. The Labute approximate surface area is 274 Å². The molecular weight excluding hydrogens is 647 g/mol. The number of rotatable bonds is 15. The van der Waals surface area contributed by atoms with E-state index in [1.807, 2.05) is 25.6 Å². The van der Waals surface area contributed by atoms with Crippen molar-refractivity contribution in [1.82, 2.24) is 25.2 Å². The lowest BCUT2D eigenvalue weighted by Crippen LogP contribution is -2.43. The van der Waals surface area contributed by atoms with E-state index in [0.717, 1.165) is 22.8 Å². The summed E-state index contributed by atoms with van der Waals surface area (Å²) in [4.78, 5) is 64.3. The highest BCUT2D eigenvalue weighted by Crippen LogP contribution is 2.32. The number of ether oxygens (including phenoxy) is 2. The molecule has 0 radical (unpaired) electrons. The molecule has 1 saturated heterocycles. The van der Waals surface area contributed by atoms with E-state index in [9.17, 15) is 32.3 Å². The third-order valence-electron chi connectivity index (χ3n) is 7.66. The van der Waals surface area contributed by atoms with Gasteiger partial charge in [-0.25, -0.2) is 15.0 Å². The van der Waals surface area contributed by atoms with E-state index in [1.54, 1.807) is 18.9 Å². The minimum Gasteiger partial charge on any atom is -0.469 e. The summed E-state index contributed by atoms with van der Waals surface area (Å²) in [5.41, 5.74) is -0.987. The maximum Gasteiger partial charge on any atom is 0.419 e. The molecule has 3 heterocycles. The van der Waals surface area contributed by atoms with E-state index in [0.29, 0.717) is 29.7 Å². The van der Waals surface area contributed by atoms with Crippen LogP contribution in [0.4, 0.5) is 13.2 Å². The summed E-state index contributed by atoms with van der Waals surface area (Å²) >= 11 is 2.93. The van der Waals surface area contributed by atoms with Crippen molar-refractivity contribution in [3.05, 3.63) is 39.9 Å². The van der Waals surface area contributed by atoms with Crippen molar-refractivity contribution in [3.8, 4) is 0 Å². The molecule has 254 valence electrons. The van der Waals surface area contributed by atoms with Gasteiger partial charge in [-0.05, 0) is 29.8 Å². The molecule has 2 aromatic rings. The van der Waals surface area contributed by atoms with E-state index in [2.05, 4.69) is 20.3 Å². The summed E-state index contributed by atoms with van der Waals surface area (Å²) < 4.78 is 49.3. The van der Waals surface area contributed by atoms with Crippen molar-refractivity contribution in [1.29, 1.82) is 0 Å². The van der Waals surface area contributed by atoms with Gasteiger partial charge in [-0.1, -0.05) is 20.8 Å². The van der Waals surface area contributed by atoms with E-state index in [4.69, 9.17) is 9.47 Å². The van der Waals surface area contributed by atoms with Gasteiger partial charge >= 0.3 is 18.1 Å². The number of carbonyl (C=O) groups is 4. The summed E-state index contributed by atoms with van der Waals surface area (Å²) in [7, 11) is 2.98. The van der Waals surface area contributed by atoms with Crippen molar-refractivity contribution < 1.29 is 41.8 Å². The Balaban J connectivity index is 1.78. The number of hydrogen-bond acceptors (Lipinski definition) is 11. The lowest BCUT2D eigenvalue weighted by molar-refractivity contribution is -0.148. The van der Waals surface area contributed by atoms with Crippen LogP contribution in [0.3, 0.4) is 0 Å². The molecule has 3 rings (SSSR count). The molecule has 2 aromatic heterocycles. The van der Waals surface area contributed by atoms with Crippen LogP contribution in [0.25, 0.3) is 0 Å². The summed E-state index contributed by atoms with van der Waals surface area (Å²) in [5, 5.41) is 4.66. The number of esters is 2. The smallest absolute Gasteiger partial charge is 0.419 e. The maximum atomic E-state index is 13.3. The molecule has 0 spiro atoms. The first-order chi connectivity index (χ1) is 21.6. The van der Waals surface area contributed by atoms with Gasteiger partial charge < -0.3 is 19.7 Å². The predicted octanol–water partition coefficient (Wildman–Crippen LogP) is 4.72. The summed E-state index contributed by atoms with van der Waals surface area (Å²) in [5.74, 6) is 0.0666. The zero-order valence-corrected chi connectivity index (χ0v) is 28.3. The zero-order chi connectivity index (χ0) is 34.2. The Hall–Kier alpha value is -3.27. The van der Waals surface area contributed by atoms with Crippen molar-refractivity contribution in [2.45, 2.75) is 77.7 Å². The Bertz CT molecular complexity index is 1350. The van der Waals surface area contributed by atoms with E-state index >= 15 is 0 Å². The van der Waals surface area contributed by atoms with Crippen molar-refractivity contribution in [2.24, 2.45) is 17.8 Å². The fourth-order valence-corrected chi connectivity index (χ4v) is 6.66. The zero-order valence-electron chi connectivity index (χ0n) is 26.6. The number of amides is 2. The first-order valence-electron chi connectivity index (χ1n) is 14.8. The minimum atomic E-state index is -4.60. The molecule has 16 heteroatoms. The highest BCUT2D eigenvalue weighted by molar-refractivity contribution is 8.00. The molecule has 0 saturated carbocycles. The number of thioether (sulfide) groups is 1. The number of alkyl halides is 3. The molecule has 46 heavy (non-hydrogen) atoms. The van der Waals surface area contributed by atoms with E-state index in [-0.39, 0.29) is 48.6 Å². The fourth-order valence-electron chi connectivity index (χ4n) is 5.02. The van der Waals surface area contributed by atoms with Gasteiger partial charge in [0.25, 0.3) is 5.91 Å². The predicted molar refractivity (Wildman–Crippen MR) is 166 cm³/mol. The van der Waals surface area contributed by atoms with Crippen molar-refractivity contribution >= 4 is 46.9 Å². The molecule has 1 fully saturated rings. The van der Waals surface area contributed by atoms with Crippen LogP contribution in [0.1, 0.15) is 79.9 Å². The van der Waals surface area contributed by atoms with Gasteiger partial charge in [-0.15, -0.1) is 11.3 Å². The number of carbonyl (C=O) groups excluding carboxylic acids is 4. The van der Waals surface area contributed by atoms with Crippen LogP contribution in [-0.4, -0.2) is 81.4 Å². The second kappa shape index (κ2) is 16.5. The second-order valence-electron chi connectivity index (χ2n) is 11.7.